The van der Waals surface area contributed by atoms with Gasteiger partial charge >= 0.3 is 0 Å². The third-order valence-electron chi connectivity index (χ3n) is 3.91. The Balaban J connectivity index is 1.89. The topological polar surface area (TPSA) is 70.0 Å². The monoisotopic (exact) mass is 320 g/mol. The third-order valence-corrected chi connectivity index (χ3v) is 3.91. The molecule has 0 spiro atoms. The molecule has 0 aliphatic carbocycles. The summed E-state index contributed by atoms with van der Waals surface area (Å²) in [5.41, 5.74) is 2.96. The van der Waals surface area contributed by atoms with Crippen LogP contribution in [0.4, 0.5) is 11.5 Å². The van der Waals surface area contributed by atoms with Crippen LogP contribution in [0.25, 0.3) is 0 Å². The second-order valence-electron chi connectivity index (χ2n) is 5.93. The number of rotatable bonds is 5. The number of ether oxygens (including phenoxy) is 1. The molecule has 0 amide bonds. The minimum atomic E-state index is 0.223. The molecular formula is C19H20N4O. The van der Waals surface area contributed by atoms with Gasteiger partial charge in [-0.3, -0.25) is 0 Å². The molecule has 1 aliphatic rings. The first kappa shape index (κ1) is 15.9. The Bertz CT molecular complexity index is 791. The van der Waals surface area contributed by atoms with Crippen LogP contribution in [0, 0.1) is 11.3 Å². The van der Waals surface area contributed by atoms with E-state index in [2.05, 4.69) is 35.5 Å². The molecule has 24 heavy (non-hydrogen) atoms. The lowest BCUT2D eigenvalue weighted by Crippen LogP contribution is -2.04. The maximum absolute atomic E-state index is 9.43. The van der Waals surface area contributed by atoms with Crippen LogP contribution in [-0.2, 0) is 6.42 Å². The highest BCUT2D eigenvalue weighted by Gasteiger charge is 2.22. The van der Waals surface area contributed by atoms with E-state index in [9.17, 15) is 5.26 Å². The zero-order chi connectivity index (χ0) is 16.9. The molecule has 2 heterocycles. The first-order valence-electron chi connectivity index (χ1n) is 8.04. The van der Waals surface area contributed by atoms with Crippen molar-refractivity contribution in [1.29, 1.82) is 5.26 Å². The van der Waals surface area contributed by atoms with Crippen molar-refractivity contribution in [3.63, 3.8) is 0 Å². The van der Waals surface area contributed by atoms with Crippen LogP contribution in [0.2, 0.25) is 0 Å². The zero-order valence-electron chi connectivity index (χ0n) is 13.8. The lowest BCUT2D eigenvalue weighted by atomic mass is 10.0. The van der Waals surface area contributed by atoms with Gasteiger partial charge in [0.05, 0.1) is 6.20 Å². The van der Waals surface area contributed by atoms with Gasteiger partial charge in [-0.2, -0.15) is 5.26 Å². The standard InChI is InChI=1S/C19H20N4O/c1-13(2)17-12-23-19-16(8-9-21-19)18(17)24-15(10-20)11-22-14-6-4-3-5-7-14/h3-7,11-13,22H,8-9H2,1-2H3,(H,21,23)/b15-11+. The maximum atomic E-state index is 9.43. The molecule has 1 aliphatic heterocycles. The number of hydrogen-bond donors (Lipinski definition) is 2. The molecule has 5 heteroatoms. The number of allylic oxidation sites excluding steroid dienone is 1. The maximum Gasteiger partial charge on any atom is 0.219 e. The Labute approximate surface area is 142 Å². The van der Waals surface area contributed by atoms with Crippen LogP contribution in [0.3, 0.4) is 0 Å². The average molecular weight is 320 g/mol. The van der Waals surface area contributed by atoms with E-state index in [0.29, 0.717) is 0 Å². The van der Waals surface area contributed by atoms with Gasteiger partial charge in [0.25, 0.3) is 0 Å². The Kier molecular flexibility index (Phi) is 4.66. The van der Waals surface area contributed by atoms with Crippen molar-refractivity contribution in [1.82, 2.24) is 4.98 Å². The van der Waals surface area contributed by atoms with Gasteiger partial charge in [-0.05, 0) is 24.5 Å². The highest BCUT2D eigenvalue weighted by atomic mass is 16.5. The zero-order valence-corrected chi connectivity index (χ0v) is 13.8. The molecule has 0 saturated heterocycles. The van der Waals surface area contributed by atoms with Gasteiger partial charge < -0.3 is 15.4 Å². The number of para-hydroxylation sites is 1. The summed E-state index contributed by atoms with van der Waals surface area (Å²) in [5.74, 6) is 2.09. The van der Waals surface area contributed by atoms with E-state index in [1.807, 2.05) is 36.5 Å². The fraction of sp³-hybridized carbons (Fsp3) is 0.263. The molecule has 1 aromatic carbocycles. The first-order valence-corrected chi connectivity index (χ1v) is 8.04. The highest BCUT2D eigenvalue weighted by molar-refractivity contribution is 5.60. The Morgan fingerprint density at radius 1 is 1.38 bits per heavy atom. The van der Waals surface area contributed by atoms with Crippen LogP contribution in [-0.4, -0.2) is 11.5 Å². The Morgan fingerprint density at radius 2 is 2.17 bits per heavy atom. The van der Waals surface area contributed by atoms with Gasteiger partial charge in [0, 0.05) is 29.6 Å². The van der Waals surface area contributed by atoms with Crippen molar-refractivity contribution in [2.24, 2.45) is 0 Å². The molecular weight excluding hydrogens is 300 g/mol. The summed E-state index contributed by atoms with van der Waals surface area (Å²) in [5, 5.41) is 15.8. The normalized spacial score (nSPS) is 13.2. The summed E-state index contributed by atoms with van der Waals surface area (Å²) in [6.45, 7) is 5.03. The smallest absolute Gasteiger partial charge is 0.219 e. The molecule has 0 fully saturated rings. The minimum absolute atomic E-state index is 0.223. The van der Waals surface area contributed by atoms with Crippen molar-refractivity contribution in [3.8, 4) is 11.8 Å². The lowest BCUT2D eigenvalue weighted by Gasteiger charge is -2.16. The van der Waals surface area contributed by atoms with Gasteiger partial charge in [-0.25, -0.2) is 4.98 Å². The van der Waals surface area contributed by atoms with E-state index >= 15 is 0 Å². The Hall–Kier alpha value is -3.00. The van der Waals surface area contributed by atoms with Crippen molar-refractivity contribution >= 4 is 11.5 Å². The van der Waals surface area contributed by atoms with Crippen molar-refractivity contribution in [3.05, 3.63) is 59.6 Å². The second kappa shape index (κ2) is 7.05. The number of nitrogens with zero attached hydrogens (tertiary/aromatic N) is 2. The second-order valence-corrected chi connectivity index (χ2v) is 5.93. The summed E-state index contributed by atoms with van der Waals surface area (Å²) >= 11 is 0. The van der Waals surface area contributed by atoms with Crippen LogP contribution in [0.5, 0.6) is 5.75 Å². The van der Waals surface area contributed by atoms with Gasteiger partial charge in [-0.1, -0.05) is 32.0 Å². The summed E-state index contributed by atoms with van der Waals surface area (Å²) < 4.78 is 5.98. The Morgan fingerprint density at radius 3 is 2.88 bits per heavy atom. The summed E-state index contributed by atoms with van der Waals surface area (Å²) in [4.78, 5) is 4.46. The van der Waals surface area contributed by atoms with Crippen LogP contribution < -0.4 is 15.4 Å². The van der Waals surface area contributed by atoms with Gasteiger partial charge in [-0.15, -0.1) is 0 Å². The molecule has 5 nitrogen and oxygen atoms in total. The fourth-order valence-corrected chi connectivity index (χ4v) is 2.65. The molecule has 0 saturated carbocycles. The number of nitrogens with one attached hydrogen (secondary N) is 2. The molecule has 122 valence electrons. The van der Waals surface area contributed by atoms with Crippen LogP contribution in [0.1, 0.15) is 30.9 Å². The SMILES string of the molecule is CC(C)c1cnc2c(c1O/C(C#N)=C/Nc1ccccc1)CCN2. The number of nitriles is 1. The quantitative estimate of drug-likeness (QED) is 0.643. The predicted octanol–water partition coefficient (Wildman–Crippen LogP) is 4.03. The highest BCUT2D eigenvalue weighted by Crippen LogP contribution is 2.37. The summed E-state index contributed by atoms with van der Waals surface area (Å²) in [6.07, 6.45) is 4.27. The van der Waals surface area contributed by atoms with E-state index in [4.69, 9.17) is 4.74 Å². The molecule has 0 atom stereocenters. The predicted molar refractivity (Wildman–Crippen MR) is 94.9 cm³/mol. The third kappa shape index (κ3) is 3.33. The van der Waals surface area contributed by atoms with E-state index in [1.54, 1.807) is 6.20 Å². The van der Waals surface area contributed by atoms with E-state index in [1.165, 1.54) is 0 Å². The van der Waals surface area contributed by atoms with E-state index in [0.717, 1.165) is 41.3 Å². The number of benzene rings is 1. The van der Waals surface area contributed by atoms with Gasteiger partial charge in [0.2, 0.25) is 5.76 Å². The number of anilines is 2. The molecule has 0 radical (unpaired) electrons. The van der Waals surface area contributed by atoms with Crippen molar-refractivity contribution < 1.29 is 4.74 Å². The molecule has 2 N–H and O–H groups in total. The van der Waals surface area contributed by atoms with Crippen molar-refractivity contribution in [2.75, 3.05) is 17.2 Å². The van der Waals surface area contributed by atoms with Crippen molar-refractivity contribution in [2.45, 2.75) is 26.2 Å². The number of pyridine rings is 1. The summed E-state index contributed by atoms with van der Waals surface area (Å²) in [7, 11) is 0. The lowest BCUT2D eigenvalue weighted by molar-refractivity contribution is 0.434. The number of fused-ring (bicyclic) bond motifs is 1. The molecule has 2 aromatic rings. The number of hydrogen-bond acceptors (Lipinski definition) is 5. The van der Waals surface area contributed by atoms with Gasteiger partial charge in [0.15, 0.2) is 0 Å². The largest absolute Gasteiger partial charge is 0.444 e. The summed E-state index contributed by atoms with van der Waals surface area (Å²) in [6, 6.07) is 11.8. The van der Waals surface area contributed by atoms with Crippen LogP contribution >= 0.6 is 0 Å². The van der Waals surface area contributed by atoms with E-state index < -0.39 is 0 Å². The number of aromatic nitrogens is 1. The van der Waals surface area contributed by atoms with Crippen LogP contribution in [0.15, 0.2) is 48.5 Å². The van der Waals surface area contributed by atoms with E-state index in [-0.39, 0.29) is 11.7 Å². The minimum Gasteiger partial charge on any atom is -0.444 e. The van der Waals surface area contributed by atoms with Gasteiger partial charge in [0.1, 0.15) is 17.6 Å². The molecule has 0 unspecified atom stereocenters. The average Bonchev–Trinajstić information content (AvgIpc) is 3.08. The molecule has 0 bridgehead atoms. The first-order chi connectivity index (χ1) is 11.7. The molecule has 1 aromatic heterocycles. The fourth-order valence-electron chi connectivity index (χ4n) is 2.65. The molecule has 3 rings (SSSR count).